The smallest absolute Gasteiger partial charge is 0.0758 e. The van der Waals surface area contributed by atoms with Crippen molar-refractivity contribution in [3.05, 3.63) is 23.8 Å². The lowest BCUT2D eigenvalue weighted by molar-refractivity contribution is 0.171. The molecule has 4 nitrogen and oxygen atoms in total. The van der Waals surface area contributed by atoms with Gasteiger partial charge in [0.05, 0.1) is 23.6 Å². The van der Waals surface area contributed by atoms with Crippen LogP contribution in [0.25, 0.3) is 0 Å². The van der Waals surface area contributed by atoms with E-state index in [2.05, 4.69) is 22.2 Å². The third-order valence-corrected chi connectivity index (χ3v) is 2.78. The Morgan fingerprint density at radius 1 is 1.38 bits per heavy atom. The molecule has 4 heteroatoms. The molecular formula is C12H21N3O. The Bertz CT molecular complexity index is 300. The van der Waals surface area contributed by atoms with Crippen LogP contribution in [0.2, 0.25) is 0 Å². The van der Waals surface area contributed by atoms with Crippen molar-refractivity contribution in [1.29, 1.82) is 0 Å². The molecule has 1 rings (SSSR count). The predicted molar refractivity (Wildman–Crippen MR) is 64.2 cm³/mol. The van der Waals surface area contributed by atoms with Crippen molar-refractivity contribution in [1.82, 2.24) is 15.3 Å². The molecule has 0 radical (unpaired) electrons. The highest BCUT2D eigenvalue weighted by atomic mass is 16.5. The summed E-state index contributed by atoms with van der Waals surface area (Å²) < 4.78 is 5.10. The molecular weight excluding hydrogens is 202 g/mol. The van der Waals surface area contributed by atoms with Crippen LogP contribution in [0.3, 0.4) is 0 Å². The van der Waals surface area contributed by atoms with Gasteiger partial charge in [-0.15, -0.1) is 0 Å². The molecule has 0 saturated carbocycles. The lowest BCUT2D eigenvalue weighted by atomic mass is 9.96. The van der Waals surface area contributed by atoms with E-state index in [9.17, 15) is 0 Å². The van der Waals surface area contributed by atoms with Crippen LogP contribution in [0, 0.1) is 12.8 Å². The van der Waals surface area contributed by atoms with Crippen LogP contribution in [0.4, 0.5) is 0 Å². The quantitative estimate of drug-likeness (QED) is 0.797. The van der Waals surface area contributed by atoms with E-state index in [1.54, 1.807) is 7.11 Å². The zero-order chi connectivity index (χ0) is 12.0. The molecule has 1 heterocycles. The maximum Gasteiger partial charge on any atom is 0.0758 e. The van der Waals surface area contributed by atoms with Crippen LogP contribution in [0.1, 0.15) is 30.8 Å². The Morgan fingerprint density at radius 2 is 2.12 bits per heavy atom. The van der Waals surface area contributed by atoms with Gasteiger partial charge in [0.15, 0.2) is 0 Å². The second-order valence-corrected chi connectivity index (χ2v) is 4.11. The number of aromatic nitrogens is 2. The lowest BCUT2D eigenvalue weighted by Gasteiger charge is -2.22. The highest BCUT2D eigenvalue weighted by Gasteiger charge is 2.18. The Hall–Kier alpha value is -1.00. The van der Waals surface area contributed by atoms with Gasteiger partial charge in [-0.1, -0.05) is 6.92 Å². The van der Waals surface area contributed by atoms with Crippen LogP contribution in [0.5, 0.6) is 0 Å². The van der Waals surface area contributed by atoms with Crippen molar-refractivity contribution in [3.63, 3.8) is 0 Å². The van der Waals surface area contributed by atoms with E-state index in [-0.39, 0.29) is 6.04 Å². The van der Waals surface area contributed by atoms with E-state index < -0.39 is 0 Å². The van der Waals surface area contributed by atoms with E-state index in [4.69, 9.17) is 4.74 Å². The zero-order valence-electron chi connectivity index (χ0n) is 10.5. The standard InChI is InChI=1S/C12H21N3O/c1-9(5-6-16-4)12(13-3)11-8-14-10(2)7-15-11/h7-9,12-13H,5-6H2,1-4H3. The molecule has 1 N–H and O–H groups in total. The average Bonchev–Trinajstić information content (AvgIpc) is 2.30. The maximum atomic E-state index is 5.10. The fourth-order valence-corrected chi connectivity index (χ4v) is 1.76. The summed E-state index contributed by atoms with van der Waals surface area (Å²) in [6, 6.07) is 0.239. The van der Waals surface area contributed by atoms with Gasteiger partial charge in [0.1, 0.15) is 0 Å². The minimum atomic E-state index is 0.239. The number of nitrogens with zero attached hydrogens (tertiary/aromatic N) is 2. The Morgan fingerprint density at radius 3 is 2.62 bits per heavy atom. The largest absolute Gasteiger partial charge is 0.385 e. The van der Waals surface area contributed by atoms with Crippen LogP contribution >= 0.6 is 0 Å². The van der Waals surface area contributed by atoms with E-state index in [0.717, 1.165) is 24.4 Å². The molecule has 1 aromatic rings. The molecule has 2 unspecified atom stereocenters. The second-order valence-electron chi connectivity index (χ2n) is 4.11. The number of ether oxygens (including phenoxy) is 1. The second kappa shape index (κ2) is 6.55. The molecule has 0 aromatic carbocycles. The van der Waals surface area contributed by atoms with E-state index in [0.29, 0.717) is 5.92 Å². The van der Waals surface area contributed by atoms with Crippen molar-refractivity contribution in [3.8, 4) is 0 Å². The minimum absolute atomic E-state index is 0.239. The number of hydrogen-bond acceptors (Lipinski definition) is 4. The number of aryl methyl sites for hydroxylation is 1. The highest BCUT2D eigenvalue weighted by molar-refractivity contribution is 5.06. The van der Waals surface area contributed by atoms with Gasteiger partial charge >= 0.3 is 0 Å². The third-order valence-electron chi connectivity index (χ3n) is 2.78. The van der Waals surface area contributed by atoms with Crippen LogP contribution in [-0.2, 0) is 4.74 Å². The first-order chi connectivity index (χ1) is 7.69. The van der Waals surface area contributed by atoms with Crippen molar-refractivity contribution >= 4 is 0 Å². The summed E-state index contributed by atoms with van der Waals surface area (Å²) in [5.74, 6) is 0.474. The molecule has 0 saturated heterocycles. The Balaban J connectivity index is 2.69. The first-order valence-corrected chi connectivity index (χ1v) is 5.63. The molecule has 0 aliphatic rings. The van der Waals surface area contributed by atoms with Crippen LogP contribution in [-0.4, -0.2) is 30.7 Å². The van der Waals surface area contributed by atoms with E-state index in [1.807, 2.05) is 26.4 Å². The SMILES string of the molecule is CNC(c1cnc(C)cn1)C(C)CCOC. The fourth-order valence-electron chi connectivity index (χ4n) is 1.76. The van der Waals surface area contributed by atoms with Crippen molar-refractivity contribution in [2.75, 3.05) is 20.8 Å². The molecule has 90 valence electrons. The molecule has 0 aliphatic carbocycles. The zero-order valence-corrected chi connectivity index (χ0v) is 10.5. The molecule has 16 heavy (non-hydrogen) atoms. The van der Waals surface area contributed by atoms with Gasteiger partial charge in [0, 0.05) is 19.9 Å². The molecule has 0 spiro atoms. The third kappa shape index (κ3) is 3.54. The van der Waals surface area contributed by atoms with Gasteiger partial charge in [0.2, 0.25) is 0 Å². The lowest BCUT2D eigenvalue weighted by Crippen LogP contribution is -2.25. The minimum Gasteiger partial charge on any atom is -0.385 e. The summed E-state index contributed by atoms with van der Waals surface area (Å²) in [6.45, 7) is 4.92. The summed E-state index contributed by atoms with van der Waals surface area (Å²) in [5.41, 5.74) is 1.94. The molecule has 2 atom stereocenters. The summed E-state index contributed by atoms with van der Waals surface area (Å²) in [7, 11) is 3.68. The number of rotatable bonds is 6. The van der Waals surface area contributed by atoms with Crippen molar-refractivity contribution in [2.24, 2.45) is 5.92 Å². The summed E-state index contributed by atoms with van der Waals surface area (Å²) in [5, 5.41) is 3.29. The van der Waals surface area contributed by atoms with Crippen molar-refractivity contribution < 1.29 is 4.74 Å². The number of nitrogens with one attached hydrogen (secondary N) is 1. The molecule has 0 fully saturated rings. The van der Waals surface area contributed by atoms with E-state index in [1.165, 1.54) is 0 Å². The topological polar surface area (TPSA) is 47.0 Å². The average molecular weight is 223 g/mol. The van der Waals surface area contributed by atoms with Crippen LogP contribution < -0.4 is 5.32 Å². The normalized spacial score (nSPS) is 14.8. The van der Waals surface area contributed by atoms with Gasteiger partial charge in [-0.05, 0) is 26.3 Å². The molecule has 0 amide bonds. The first kappa shape index (κ1) is 13.1. The van der Waals surface area contributed by atoms with Gasteiger partial charge in [-0.2, -0.15) is 0 Å². The van der Waals surface area contributed by atoms with Crippen molar-refractivity contribution in [2.45, 2.75) is 26.3 Å². The number of hydrogen-bond donors (Lipinski definition) is 1. The molecule has 0 aliphatic heterocycles. The monoisotopic (exact) mass is 223 g/mol. The summed E-state index contributed by atoms with van der Waals surface area (Å²) in [4.78, 5) is 8.69. The summed E-state index contributed by atoms with van der Waals surface area (Å²) in [6.07, 6.45) is 4.67. The number of methoxy groups -OCH3 is 1. The Kier molecular flexibility index (Phi) is 5.35. The predicted octanol–water partition coefficient (Wildman–Crippen LogP) is 1.72. The maximum absolute atomic E-state index is 5.10. The van der Waals surface area contributed by atoms with Gasteiger partial charge in [-0.25, -0.2) is 0 Å². The molecule has 1 aromatic heterocycles. The van der Waals surface area contributed by atoms with Gasteiger partial charge < -0.3 is 10.1 Å². The molecule has 0 bridgehead atoms. The Labute approximate surface area is 97.5 Å². The highest BCUT2D eigenvalue weighted by Crippen LogP contribution is 2.21. The summed E-state index contributed by atoms with van der Waals surface area (Å²) >= 11 is 0. The first-order valence-electron chi connectivity index (χ1n) is 5.63. The van der Waals surface area contributed by atoms with Crippen LogP contribution in [0.15, 0.2) is 12.4 Å². The van der Waals surface area contributed by atoms with Gasteiger partial charge in [0.25, 0.3) is 0 Å². The fraction of sp³-hybridized carbons (Fsp3) is 0.667. The van der Waals surface area contributed by atoms with E-state index >= 15 is 0 Å². The van der Waals surface area contributed by atoms with Gasteiger partial charge in [-0.3, -0.25) is 9.97 Å².